The molecule has 3 N–H and O–H groups in total. The molecule has 2 amide bonds. The van der Waals surface area contributed by atoms with Crippen LogP contribution in [-0.2, 0) is 32.0 Å². The number of carbonyl (C=O) groups excluding carboxylic acids is 2. The number of hydrogen-bond donors (Lipinski definition) is 2. The summed E-state index contributed by atoms with van der Waals surface area (Å²) in [5.41, 5.74) is 7.56. The maximum absolute atomic E-state index is 14.3. The van der Waals surface area contributed by atoms with Crippen LogP contribution in [0.15, 0.2) is 66.7 Å². The van der Waals surface area contributed by atoms with Crippen LogP contribution >= 0.6 is 0 Å². The van der Waals surface area contributed by atoms with Crippen molar-refractivity contribution in [2.75, 3.05) is 32.9 Å². The summed E-state index contributed by atoms with van der Waals surface area (Å²) in [5, 5.41) is 5.10. The number of unbranched alkanes of at least 4 members (excludes halogenated alkanes) is 1. The third kappa shape index (κ3) is 10.1. The summed E-state index contributed by atoms with van der Waals surface area (Å²) in [6, 6.07) is 21.1. The smallest absolute Gasteiger partial charge is 0.245 e. The van der Waals surface area contributed by atoms with Gasteiger partial charge in [0.05, 0.1) is 13.2 Å². The molecule has 3 aromatic rings. The average Bonchev–Trinajstić information content (AvgIpc) is 2.97. The van der Waals surface area contributed by atoms with Crippen molar-refractivity contribution in [1.29, 1.82) is 0 Å². The van der Waals surface area contributed by atoms with E-state index in [0.29, 0.717) is 32.8 Å². The van der Waals surface area contributed by atoms with Crippen molar-refractivity contribution in [3.8, 4) is 5.75 Å². The number of carbonyl (C=O) groups is 2. The van der Waals surface area contributed by atoms with Crippen molar-refractivity contribution >= 4 is 22.6 Å². The van der Waals surface area contributed by atoms with Gasteiger partial charge in [-0.3, -0.25) is 9.59 Å². The molecule has 0 saturated carbocycles. The van der Waals surface area contributed by atoms with Gasteiger partial charge in [-0.25, -0.2) is 0 Å². The van der Waals surface area contributed by atoms with Crippen molar-refractivity contribution in [1.82, 2.24) is 10.2 Å². The number of nitrogens with zero attached hydrogens (tertiary/aromatic N) is 1. The molecule has 0 aliphatic rings. The molecule has 0 saturated heterocycles. The number of amides is 2. The summed E-state index contributed by atoms with van der Waals surface area (Å²) >= 11 is 0. The van der Waals surface area contributed by atoms with Crippen LogP contribution in [0.4, 0.5) is 0 Å². The van der Waals surface area contributed by atoms with E-state index in [1.165, 1.54) is 0 Å². The van der Waals surface area contributed by atoms with Gasteiger partial charge in [0, 0.05) is 39.1 Å². The van der Waals surface area contributed by atoms with Gasteiger partial charge >= 0.3 is 0 Å². The fourth-order valence-electron chi connectivity index (χ4n) is 4.68. The Balaban J connectivity index is 1.91. The molecule has 8 nitrogen and oxygen atoms in total. The fourth-order valence-corrected chi connectivity index (χ4v) is 4.68. The standard InChI is InChI=1S/C33H45N3O5/c1-4-7-21-41-28-17-15-25(16-18-28)22-30(35-31(37)19-20-34)33(38)36(24-32(39-5-2)40-6-3)23-27-13-10-12-26-11-8-9-14-29(26)27/h8-18,30,32H,4-7,19-24,34H2,1-3H3,(H,35,37)/t30-/m0/s1. The maximum Gasteiger partial charge on any atom is 0.245 e. The van der Waals surface area contributed by atoms with Crippen molar-refractivity contribution in [3.63, 3.8) is 0 Å². The van der Waals surface area contributed by atoms with Crippen LogP contribution in [0.5, 0.6) is 5.75 Å². The molecule has 0 unspecified atom stereocenters. The Hall–Kier alpha value is -3.46. The van der Waals surface area contributed by atoms with Gasteiger partial charge in [0.25, 0.3) is 0 Å². The normalized spacial score (nSPS) is 11.9. The molecule has 0 radical (unpaired) electrons. The first kappa shape index (κ1) is 32.1. The number of rotatable bonds is 18. The maximum atomic E-state index is 14.3. The van der Waals surface area contributed by atoms with Crippen LogP contribution < -0.4 is 15.8 Å². The quantitative estimate of drug-likeness (QED) is 0.170. The lowest BCUT2D eigenvalue weighted by molar-refractivity contribution is -0.161. The molecular weight excluding hydrogens is 518 g/mol. The summed E-state index contributed by atoms with van der Waals surface area (Å²) < 4.78 is 17.4. The Kier molecular flexibility index (Phi) is 13.6. The first-order valence-electron chi connectivity index (χ1n) is 14.7. The molecule has 3 aromatic carbocycles. The topological polar surface area (TPSA) is 103 Å². The van der Waals surface area contributed by atoms with E-state index in [9.17, 15) is 9.59 Å². The second kappa shape index (κ2) is 17.4. The molecule has 0 aliphatic carbocycles. The van der Waals surface area contributed by atoms with Gasteiger partial charge in [0.1, 0.15) is 11.8 Å². The molecule has 1 atom stereocenters. The lowest BCUT2D eigenvalue weighted by Crippen LogP contribution is -2.51. The molecule has 3 rings (SSSR count). The largest absolute Gasteiger partial charge is 0.494 e. The molecule has 222 valence electrons. The van der Waals surface area contributed by atoms with Crippen molar-refractivity contribution < 1.29 is 23.8 Å². The Labute approximate surface area is 244 Å². The zero-order valence-electron chi connectivity index (χ0n) is 24.6. The van der Waals surface area contributed by atoms with E-state index in [1.807, 2.05) is 62.4 Å². The zero-order chi connectivity index (χ0) is 29.5. The van der Waals surface area contributed by atoms with Gasteiger partial charge in [0.15, 0.2) is 6.29 Å². The third-order valence-electron chi connectivity index (χ3n) is 6.76. The van der Waals surface area contributed by atoms with Gasteiger partial charge in [0.2, 0.25) is 11.8 Å². The minimum atomic E-state index is -0.792. The summed E-state index contributed by atoms with van der Waals surface area (Å²) in [5.74, 6) is 0.309. The number of nitrogens with one attached hydrogen (secondary N) is 1. The van der Waals surface area contributed by atoms with Crippen molar-refractivity contribution in [2.45, 2.75) is 65.3 Å². The molecule has 0 heterocycles. The van der Waals surface area contributed by atoms with Gasteiger partial charge in [-0.15, -0.1) is 0 Å². The average molecular weight is 564 g/mol. The first-order valence-corrected chi connectivity index (χ1v) is 14.7. The molecule has 0 bridgehead atoms. The van der Waals surface area contributed by atoms with E-state index >= 15 is 0 Å². The van der Waals surface area contributed by atoms with Crippen LogP contribution in [0.25, 0.3) is 10.8 Å². The summed E-state index contributed by atoms with van der Waals surface area (Å²) in [6.07, 6.45) is 1.92. The molecule has 0 aliphatic heterocycles. The fraction of sp³-hybridized carbons (Fsp3) is 0.455. The van der Waals surface area contributed by atoms with Gasteiger partial charge in [-0.2, -0.15) is 0 Å². The van der Waals surface area contributed by atoms with E-state index in [1.54, 1.807) is 4.90 Å². The first-order chi connectivity index (χ1) is 20.0. The van der Waals surface area contributed by atoms with Gasteiger partial charge in [-0.05, 0) is 54.3 Å². The van der Waals surface area contributed by atoms with E-state index in [2.05, 4.69) is 30.4 Å². The zero-order valence-corrected chi connectivity index (χ0v) is 24.6. The highest BCUT2D eigenvalue weighted by atomic mass is 16.7. The summed E-state index contributed by atoms with van der Waals surface area (Å²) in [4.78, 5) is 28.7. The molecule has 0 fully saturated rings. The van der Waals surface area contributed by atoms with Crippen LogP contribution in [-0.4, -0.2) is 62.0 Å². The van der Waals surface area contributed by atoms with E-state index < -0.39 is 12.3 Å². The van der Waals surface area contributed by atoms with Gasteiger partial charge < -0.3 is 30.2 Å². The highest BCUT2D eigenvalue weighted by molar-refractivity contribution is 5.89. The van der Waals surface area contributed by atoms with E-state index in [0.717, 1.165) is 40.5 Å². The second-order valence-electron chi connectivity index (χ2n) is 9.91. The van der Waals surface area contributed by atoms with Crippen LogP contribution in [0.2, 0.25) is 0 Å². The minimum Gasteiger partial charge on any atom is -0.494 e. The summed E-state index contributed by atoms with van der Waals surface area (Å²) in [7, 11) is 0. The molecular formula is C33H45N3O5. The highest BCUT2D eigenvalue weighted by Crippen LogP contribution is 2.22. The molecule has 0 aromatic heterocycles. The number of nitrogens with two attached hydrogens (primary N) is 1. The SMILES string of the molecule is CCCCOc1ccc(C[C@H](NC(=O)CCN)C(=O)N(Cc2cccc3ccccc23)CC(OCC)OCC)cc1. The van der Waals surface area contributed by atoms with Crippen molar-refractivity contribution in [2.24, 2.45) is 5.73 Å². The lowest BCUT2D eigenvalue weighted by atomic mass is 10.0. The molecule has 41 heavy (non-hydrogen) atoms. The Morgan fingerprint density at radius 3 is 2.32 bits per heavy atom. The van der Waals surface area contributed by atoms with E-state index in [-0.39, 0.29) is 31.3 Å². The number of ether oxygens (including phenoxy) is 3. The summed E-state index contributed by atoms with van der Waals surface area (Å²) in [6.45, 7) is 8.24. The number of benzene rings is 3. The Morgan fingerprint density at radius 1 is 0.927 bits per heavy atom. The lowest BCUT2D eigenvalue weighted by Gasteiger charge is -2.31. The predicted octanol–water partition coefficient (Wildman–Crippen LogP) is 4.82. The number of fused-ring (bicyclic) bond motifs is 1. The molecule has 8 heteroatoms. The van der Waals surface area contributed by atoms with Crippen LogP contribution in [0, 0.1) is 0 Å². The van der Waals surface area contributed by atoms with Crippen LogP contribution in [0.1, 0.15) is 51.2 Å². The third-order valence-corrected chi connectivity index (χ3v) is 6.76. The number of hydrogen-bond acceptors (Lipinski definition) is 6. The molecule has 0 spiro atoms. The van der Waals surface area contributed by atoms with E-state index in [4.69, 9.17) is 19.9 Å². The highest BCUT2D eigenvalue weighted by Gasteiger charge is 2.29. The Morgan fingerprint density at radius 2 is 1.63 bits per heavy atom. The van der Waals surface area contributed by atoms with Crippen molar-refractivity contribution in [3.05, 3.63) is 77.9 Å². The van der Waals surface area contributed by atoms with Gasteiger partial charge in [-0.1, -0.05) is 67.9 Å². The predicted molar refractivity (Wildman–Crippen MR) is 163 cm³/mol. The monoisotopic (exact) mass is 563 g/mol. The minimum absolute atomic E-state index is 0.137. The Bertz CT molecular complexity index is 1210. The van der Waals surface area contributed by atoms with Crippen LogP contribution in [0.3, 0.4) is 0 Å². The second-order valence-corrected chi connectivity index (χ2v) is 9.91.